The summed E-state index contributed by atoms with van der Waals surface area (Å²) in [5.41, 5.74) is 0.894. The summed E-state index contributed by atoms with van der Waals surface area (Å²) in [5.74, 6) is 1.42. The van der Waals surface area contributed by atoms with E-state index in [0.717, 1.165) is 16.5 Å². The van der Waals surface area contributed by atoms with Crippen LogP contribution in [0.25, 0.3) is 11.4 Å². The van der Waals surface area contributed by atoms with Crippen molar-refractivity contribution in [2.45, 2.75) is 12.1 Å². The van der Waals surface area contributed by atoms with Crippen LogP contribution in [-0.4, -0.2) is 46.2 Å². The number of hydrogen-bond acceptors (Lipinski definition) is 6. The highest BCUT2D eigenvalue weighted by Gasteiger charge is 2.11. The molecule has 0 radical (unpaired) electrons. The Morgan fingerprint density at radius 1 is 1.38 bits per heavy atom. The van der Waals surface area contributed by atoms with Crippen LogP contribution in [0.15, 0.2) is 29.7 Å². The summed E-state index contributed by atoms with van der Waals surface area (Å²) in [4.78, 5) is 4.06. The van der Waals surface area contributed by atoms with Crippen LogP contribution in [-0.2, 0) is 17.1 Å². The van der Waals surface area contributed by atoms with E-state index in [4.69, 9.17) is 0 Å². The molecule has 0 saturated heterocycles. The van der Waals surface area contributed by atoms with E-state index in [2.05, 4.69) is 19.9 Å². The van der Waals surface area contributed by atoms with E-state index in [9.17, 15) is 8.42 Å². The van der Waals surface area contributed by atoms with Crippen LogP contribution in [0.1, 0.15) is 6.92 Å². The van der Waals surface area contributed by atoms with Crippen molar-refractivity contribution in [2.75, 3.05) is 18.1 Å². The molecular formula is C12H17N5O2S2. The molecule has 9 heteroatoms. The number of aromatic nitrogens is 4. The lowest BCUT2D eigenvalue weighted by molar-refractivity contribution is 0.585. The molecule has 1 N–H and O–H groups in total. The average Bonchev–Trinajstić information content (AvgIpc) is 2.86. The van der Waals surface area contributed by atoms with Gasteiger partial charge in [0.15, 0.2) is 11.0 Å². The summed E-state index contributed by atoms with van der Waals surface area (Å²) in [6.45, 7) is 1.98. The second-order valence-corrected chi connectivity index (χ2v) is 7.41. The van der Waals surface area contributed by atoms with Crippen LogP contribution in [0.2, 0.25) is 0 Å². The van der Waals surface area contributed by atoms with Gasteiger partial charge >= 0.3 is 0 Å². The minimum absolute atomic E-state index is 0.0901. The van der Waals surface area contributed by atoms with Crippen molar-refractivity contribution in [3.63, 3.8) is 0 Å². The summed E-state index contributed by atoms with van der Waals surface area (Å²) >= 11 is 1.46. The van der Waals surface area contributed by atoms with Gasteiger partial charge in [0.1, 0.15) is 0 Å². The predicted octanol–water partition coefficient (Wildman–Crippen LogP) is 0.908. The van der Waals surface area contributed by atoms with Gasteiger partial charge in [-0.15, -0.1) is 10.2 Å². The van der Waals surface area contributed by atoms with Crippen LogP contribution >= 0.6 is 11.8 Å². The van der Waals surface area contributed by atoms with Gasteiger partial charge in [-0.25, -0.2) is 13.1 Å². The molecule has 0 aromatic carbocycles. The van der Waals surface area contributed by atoms with Crippen molar-refractivity contribution >= 4 is 21.8 Å². The molecule has 0 fully saturated rings. The Kier molecular flexibility index (Phi) is 5.32. The number of sulfonamides is 1. The highest BCUT2D eigenvalue weighted by atomic mass is 32.2. The van der Waals surface area contributed by atoms with Crippen LogP contribution in [0.4, 0.5) is 0 Å². The lowest BCUT2D eigenvalue weighted by atomic mass is 10.3. The number of nitrogens with zero attached hydrogens (tertiary/aromatic N) is 4. The zero-order chi connectivity index (χ0) is 15.3. The molecule has 0 atom stereocenters. The normalized spacial score (nSPS) is 11.7. The fourth-order valence-corrected chi connectivity index (χ4v) is 3.14. The average molecular weight is 327 g/mol. The topological polar surface area (TPSA) is 89.8 Å². The van der Waals surface area contributed by atoms with Gasteiger partial charge in [0.05, 0.1) is 5.75 Å². The minimum Gasteiger partial charge on any atom is -0.305 e. The smallest absolute Gasteiger partial charge is 0.211 e. The first-order valence-electron chi connectivity index (χ1n) is 6.43. The highest BCUT2D eigenvalue weighted by Crippen LogP contribution is 2.21. The molecule has 0 amide bonds. The maximum Gasteiger partial charge on any atom is 0.211 e. The van der Waals surface area contributed by atoms with Gasteiger partial charge in [0, 0.05) is 37.3 Å². The number of rotatable bonds is 7. The van der Waals surface area contributed by atoms with Crippen molar-refractivity contribution < 1.29 is 8.42 Å². The highest BCUT2D eigenvalue weighted by molar-refractivity contribution is 7.99. The predicted molar refractivity (Wildman–Crippen MR) is 82.4 cm³/mol. The zero-order valence-corrected chi connectivity index (χ0v) is 13.5. The van der Waals surface area contributed by atoms with Crippen molar-refractivity contribution in [1.82, 2.24) is 24.5 Å². The first kappa shape index (κ1) is 15.9. The molecule has 0 spiro atoms. The van der Waals surface area contributed by atoms with Crippen LogP contribution < -0.4 is 4.72 Å². The fourth-order valence-electron chi connectivity index (χ4n) is 1.63. The summed E-state index contributed by atoms with van der Waals surface area (Å²) in [6.07, 6.45) is 3.43. The van der Waals surface area contributed by atoms with E-state index in [-0.39, 0.29) is 5.75 Å². The van der Waals surface area contributed by atoms with Gasteiger partial charge in [0.2, 0.25) is 10.0 Å². The van der Waals surface area contributed by atoms with Gasteiger partial charge in [0.25, 0.3) is 0 Å². The summed E-state index contributed by atoms with van der Waals surface area (Å²) < 4.78 is 27.0. The standard InChI is InChI=1S/C12H17N5O2S2/c1-3-21(18,19)14-7-8-20-12-16-15-11(17(12)2)10-5-4-6-13-9-10/h4-6,9,14H,3,7-8H2,1-2H3. The van der Waals surface area contributed by atoms with E-state index in [0.29, 0.717) is 12.3 Å². The molecule has 0 aliphatic rings. The van der Waals surface area contributed by atoms with E-state index in [1.54, 1.807) is 19.3 Å². The molecule has 2 aromatic rings. The lowest BCUT2D eigenvalue weighted by Crippen LogP contribution is -2.27. The first-order valence-corrected chi connectivity index (χ1v) is 9.07. The van der Waals surface area contributed by atoms with Gasteiger partial charge in [-0.3, -0.25) is 4.98 Å². The maximum atomic E-state index is 11.3. The van der Waals surface area contributed by atoms with Crippen molar-refractivity contribution in [1.29, 1.82) is 0 Å². The molecule has 0 aliphatic carbocycles. The van der Waals surface area contributed by atoms with Crippen molar-refractivity contribution in [2.24, 2.45) is 7.05 Å². The van der Waals surface area contributed by atoms with E-state index in [1.807, 2.05) is 23.7 Å². The number of hydrogen-bond donors (Lipinski definition) is 1. The third-order valence-electron chi connectivity index (χ3n) is 2.79. The largest absolute Gasteiger partial charge is 0.305 e. The van der Waals surface area contributed by atoms with Gasteiger partial charge in [-0.1, -0.05) is 11.8 Å². The Labute approximate surface area is 128 Å². The second kappa shape index (κ2) is 7.01. The molecule has 0 unspecified atom stereocenters. The SMILES string of the molecule is CCS(=O)(=O)NCCSc1nnc(-c2cccnc2)n1C. The Balaban J connectivity index is 1.96. The summed E-state index contributed by atoms with van der Waals surface area (Å²) in [7, 11) is -1.26. The number of nitrogens with one attached hydrogen (secondary N) is 1. The zero-order valence-electron chi connectivity index (χ0n) is 11.9. The Bertz CT molecular complexity index is 685. The molecular weight excluding hydrogens is 310 g/mol. The Morgan fingerprint density at radius 2 is 2.19 bits per heavy atom. The monoisotopic (exact) mass is 327 g/mol. The molecule has 21 heavy (non-hydrogen) atoms. The molecule has 114 valence electrons. The van der Waals surface area contributed by atoms with Crippen LogP contribution in [0, 0.1) is 0 Å². The first-order chi connectivity index (χ1) is 10.0. The lowest BCUT2D eigenvalue weighted by Gasteiger charge is -2.05. The minimum atomic E-state index is -3.14. The Morgan fingerprint density at radius 3 is 2.86 bits per heavy atom. The summed E-state index contributed by atoms with van der Waals surface area (Å²) in [5, 5.41) is 9.00. The molecule has 0 bridgehead atoms. The van der Waals surface area contributed by atoms with Crippen molar-refractivity contribution in [3.8, 4) is 11.4 Å². The van der Waals surface area contributed by atoms with Gasteiger partial charge < -0.3 is 4.57 Å². The van der Waals surface area contributed by atoms with E-state index in [1.165, 1.54) is 11.8 Å². The number of thioether (sulfide) groups is 1. The van der Waals surface area contributed by atoms with E-state index >= 15 is 0 Å². The molecule has 2 aromatic heterocycles. The van der Waals surface area contributed by atoms with Gasteiger partial charge in [-0.05, 0) is 19.1 Å². The number of pyridine rings is 1. The van der Waals surface area contributed by atoms with E-state index < -0.39 is 10.0 Å². The summed E-state index contributed by atoms with van der Waals surface area (Å²) in [6, 6.07) is 3.76. The molecule has 0 aliphatic heterocycles. The van der Waals surface area contributed by atoms with Crippen molar-refractivity contribution in [3.05, 3.63) is 24.5 Å². The third kappa shape index (κ3) is 4.26. The molecule has 7 nitrogen and oxygen atoms in total. The fraction of sp³-hybridized carbons (Fsp3) is 0.417. The van der Waals surface area contributed by atoms with Gasteiger partial charge in [-0.2, -0.15) is 0 Å². The van der Waals surface area contributed by atoms with Crippen LogP contribution in [0.3, 0.4) is 0 Å². The quantitative estimate of drug-likeness (QED) is 0.600. The second-order valence-electron chi connectivity index (χ2n) is 4.25. The van der Waals surface area contributed by atoms with Crippen LogP contribution in [0.5, 0.6) is 0 Å². The molecule has 2 rings (SSSR count). The Hall–Kier alpha value is -1.45. The maximum absolute atomic E-state index is 11.3. The molecule has 0 saturated carbocycles. The molecule has 2 heterocycles. The third-order valence-corrected chi connectivity index (χ3v) is 5.22.